The van der Waals surface area contributed by atoms with Crippen molar-refractivity contribution in [2.24, 2.45) is 11.8 Å². The smallest absolute Gasteiger partial charge is 0.302 e. The maximum atomic E-state index is 11.4. The molecule has 1 aliphatic carbocycles. The summed E-state index contributed by atoms with van der Waals surface area (Å²) in [6.45, 7) is 4.01. The van der Waals surface area contributed by atoms with Gasteiger partial charge in [-0.1, -0.05) is 42.2 Å². The molecule has 0 N–H and O–H groups in total. The van der Waals surface area contributed by atoms with Gasteiger partial charge in [0.05, 0.1) is 29.7 Å². The Kier molecular flexibility index (Phi) is 8.43. The van der Waals surface area contributed by atoms with Crippen molar-refractivity contribution in [1.82, 2.24) is 4.90 Å². The van der Waals surface area contributed by atoms with E-state index in [1.54, 1.807) is 12.1 Å². The van der Waals surface area contributed by atoms with E-state index in [1.807, 2.05) is 30.3 Å². The number of likely N-dealkylation sites (tertiary alicyclic amines) is 1. The molecule has 0 bridgehead atoms. The Balaban J connectivity index is 1.42. The van der Waals surface area contributed by atoms with Gasteiger partial charge >= 0.3 is 5.97 Å². The summed E-state index contributed by atoms with van der Waals surface area (Å²) in [7, 11) is 0. The average molecular weight is 480 g/mol. The average Bonchev–Trinajstić information content (AvgIpc) is 3.34. The highest BCUT2D eigenvalue weighted by molar-refractivity contribution is 5.66. The quantitative estimate of drug-likeness (QED) is 0.420. The van der Waals surface area contributed by atoms with Crippen LogP contribution in [-0.4, -0.2) is 36.6 Å². The van der Waals surface area contributed by atoms with Crippen LogP contribution in [0.1, 0.15) is 62.1 Å². The molecule has 0 spiro atoms. The molecule has 4 rings (SSSR count). The van der Waals surface area contributed by atoms with Gasteiger partial charge < -0.3 is 4.74 Å². The minimum Gasteiger partial charge on any atom is -0.463 e. The van der Waals surface area contributed by atoms with Gasteiger partial charge in [-0.15, -0.1) is 0 Å². The first-order valence-corrected chi connectivity index (χ1v) is 12.9. The van der Waals surface area contributed by atoms with Crippen molar-refractivity contribution in [3.05, 3.63) is 71.3 Å². The molecule has 2 aromatic rings. The molecule has 1 aliphatic heterocycles. The van der Waals surface area contributed by atoms with E-state index in [0.29, 0.717) is 18.0 Å². The van der Waals surface area contributed by atoms with Crippen molar-refractivity contribution in [2.45, 2.75) is 57.0 Å². The highest BCUT2D eigenvalue weighted by Crippen LogP contribution is 2.46. The topological polar surface area (TPSA) is 77.1 Å². The van der Waals surface area contributed by atoms with Crippen molar-refractivity contribution in [3.8, 4) is 24.0 Å². The largest absolute Gasteiger partial charge is 0.463 e. The predicted molar refractivity (Wildman–Crippen MR) is 138 cm³/mol. The molecule has 184 valence electrons. The molecular formula is C31H33N3O2. The zero-order chi connectivity index (χ0) is 25.4. The Labute approximate surface area is 214 Å². The van der Waals surface area contributed by atoms with Crippen LogP contribution in [0.5, 0.6) is 0 Å². The number of esters is 1. The Hall–Kier alpha value is -3.59. The fourth-order valence-electron chi connectivity index (χ4n) is 5.93. The Bertz CT molecular complexity index is 1170. The standard InChI is InChI=1S/C31H33N3O2/c1-24(35)36-30-14-13-27(20-30)21-31(23-33,28-7-3-2-4-8-28)29-15-18-34(19-16-29)17-5-6-25-9-11-26(22-32)12-10-25/h2-4,7-12,27,29-30H,13-21H2,1H3/t27?,30-,31?/m1/s1. The monoisotopic (exact) mass is 479 g/mol. The normalized spacial score (nSPS) is 21.9. The van der Waals surface area contributed by atoms with E-state index in [9.17, 15) is 10.1 Å². The highest BCUT2D eigenvalue weighted by Gasteiger charge is 2.45. The fraction of sp³-hybridized carbons (Fsp3) is 0.452. The lowest BCUT2D eigenvalue weighted by molar-refractivity contribution is -0.146. The molecule has 0 amide bonds. The lowest BCUT2D eigenvalue weighted by Crippen LogP contribution is -2.44. The van der Waals surface area contributed by atoms with E-state index >= 15 is 0 Å². The van der Waals surface area contributed by atoms with Crippen LogP contribution in [0.2, 0.25) is 0 Å². The molecular weight excluding hydrogens is 446 g/mol. The number of benzene rings is 2. The summed E-state index contributed by atoms with van der Waals surface area (Å²) in [6.07, 6.45) is 5.45. The minimum absolute atomic E-state index is 0.0174. The second-order valence-electron chi connectivity index (χ2n) is 10.1. The number of hydrogen-bond acceptors (Lipinski definition) is 5. The molecule has 0 radical (unpaired) electrons. The minimum atomic E-state index is -0.530. The third-order valence-corrected chi connectivity index (χ3v) is 7.76. The van der Waals surface area contributed by atoms with Gasteiger partial charge in [0, 0.05) is 12.5 Å². The van der Waals surface area contributed by atoms with Gasteiger partial charge in [0.1, 0.15) is 6.10 Å². The van der Waals surface area contributed by atoms with Crippen molar-refractivity contribution in [1.29, 1.82) is 10.5 Å². The highest BCUT2D eigenvalue weighted by atomic mass is 16.5. The zero-order valence-electron chi connectivity index (χ0n) is 21.0. The third kappa shape index (κ3) is 6.15. The zero-order valence-corrected chi connectivity index (χ0v) is 21.0. The Morgan fingerprint density at radius 2 is 1.69 bits per heavy atom. The van der Waals surface area contributed by atoms with E-state index in [1.165, 1.54) is 6.92 Å². The summed E-state index contributed by atoms with van der Waals surface area (Å²) in [5.74, 6) is 6.91. The van der Waals surface area contributed by atoms with Crippen LogP contribution >= 0.6 is 0 Å². The van der Waals surface area contributed by atoms with E-state index in [4.69, 9.17) is 10.00 Å². The third-order valence-electron chi connectivity index (χ3n) is 7.76. The maximum absolute atomic E-state index is 11.4. The summed E-state index contributed by atoms with van der Waals surface area (Å²) in [5.41, 5.74) is 2.14. The maximum Gasteiger partial charge on any atom is 0.302 e. The number of carbonyl (C=O) groups is 1. The van der Waals surface area contributed by atoms with Gasteiger partial charge in [-0.3, -0.25) is 9.69 Å². The van der Waals surface area contributed by atoms with Crippen molar-refractivity contribution in [3.63, 3.8) is 0 Å². The van der Waals surface area contributed by atoms with Crippen LogP contribution in [0.25, 0.3) is 0 Å². The molecule has 2 aliphatic rings. The first-order chi connectivity index (χ1) is 17.5. The van der Waals surface area contributed by atoms with Crippen molar-refractivity contribution in [2.75, 3.05) is 19.6 Å². The van der Waals surface area contributed by atoms with Gasteiger partial charge in [0.15, 0.2) is 0 Å². The second-order valence-corrected chi connectivity index (χ2v) is 10.1. The van der Waals surface area contributed by atoms with Crippen molar-refractivity contribution >= 4 is 5.97 Å². The predicted octanol–water partition coefficient (Wildman–Crippen LogP) is 5.21. The van der Waals surface area contributed by atoms with Crippen LogP contribution in [0.4, 0.5) is 0 Å². The molecule has 1 saturated heterocycles. The first-order valence-electron chi connectivity index (χ1n) is 12.9. The summed E-state index contributed by atoms with van der Waals surface area (Å²) in [6, 6.07) is 22.6. The van der Waals surface area contributed by atoms with E-state index in [0.717, 1.165) is 62.7 Å². The summed E-state index contributed by atoms with van der Waals surface area (Å²) in [5, 5.41) is 19.6. The van der Waals surface area contributed by atoms with Gasteiger partial charge in [0.25, 0.3) is 0 Å². The molecule has 36 heavy (non-hydrogen) atoms. The number of carbonyl (C=O) groups excluding carboxylic acids is 1. The Morgan fingerprint density at radius 3 is 2.33 bits per heavy atom. The van der Waals surface area contributed by atoms with Gasteiger partial charge in [-0.05, 0) is 93.3 Å². The number of rotatable bonds is 6. The van der Waals surface area contributed by atoms with Crippen LogP contribution in [0.3, 0.4) is 0 Å². The van der Waals surface area contributed by atoms with Crippen molar-refractivity contribution < 1.29 is 9.53 Å². The lowest BCUT2D eigenvalue weighted by atomic mass is 9.63. The lowest BCUT2D eigenvalue weighted by Gasteiger charge is -2.42. The van der Waals surface area contributed by atoms with Gasteiger partial charge in [-0.25, -0.2) is 0 Å². The summed E-state index contributed by atoms with van der Waals surface area (Å²) >= 11 is 0. The SMILES string of the molecule is CC(=O)O[C@@H]1CCC(CC(C#N)(c2ccccc2)C2CCN(CC#Cc3ccc(C#N)cc3)CC2)C1. The Morgan fingerprint density at radius 1 is 1.00 bits per heavy atom. The van der Waals surface area contributed by atoms with Crippen LogP contribution < -0.4 is 0 Å². The second kappa shape index (κ2) is 11.9. The number of nitriles is 2. The number of nitrogens with zero attached hydrogens (tertiary/aromatic N) is 3. The molecule has 1 heterocycles. The number of piperidine rings is 1. The molecule has 2 fully saturated rings. The fourth-order valence-corrected chi connectivity index (χ4v) is 5.93. The summed E-state index contributed by atoms with van der Waals surface area (Å²) in [4.78, 5) is 13.8. The molecule has 2 aromatic carbocycles. The van der Waals surface area contributed by atoms with Crippen LogP contribution in [0, 0.1) is 46.3 Å². The van der Waals surface area contributed by atoms with E-state index in [2.05, 4.69) is 41.0 Å². The molecule has 2 unspecified atom stereocenters. The first kappa shape index (κ1) is 25.5. The van der Waals surface area contributed by atoms with Gasteiger partial charge in [-0.2, -0.15) is 10.5 Å². The molecule has 1 saturated carbocycles. The van der Waals surface area contributed by atoms with Gasteiger partial charge in [0.2, 0.25) is 0 Å². The van der Waals surface area contributed by atoms with Crippen LogP contribution in [-0.2, 0) is 14.9 Å². The van der Waals surface area contributed by atoms with E-state index < -0.39 is 5.41 Å². The molecule has 5 nitrogen and oxygen atoms in total. The molecule has 3 atom stereocenters. The number of ether oxygens (including phenoxy) is 1. The number of hydrogen-bond donors (Lipinski definition) is 0. The van der Waals surface area contributed by atoms with E-state index in [-0.39, 0.29) is 18.0 Å². The van der Waals surface area contributed by atoms with Crippen LogP contribution in [0.15, 0.2) is 54.6 Å². The summed E-state index contributed by atoms with van der Waals surface area (Å²) < 4.78 is 5.48. The molecule has 5 heteroatoms. The molecule has 0 aromatic heterocycles.